The van der Waals surface area contributed by atoms with Crippen LogP contribution in [-0.2, 0) is 0 Å². The molecule has 4 heteroatoms. The third kappa shape index (κ3) is 2.67. The van der Waals surface area contributed by atoms with E-state index in [0.717, 1.165) is 19.3 Å². The molecule has 0 amide bonds. The number of hydrogen-bond donors (Lipinski definition) is 1. The van der Waals surface area contributed by atoms with Crippen LogP contribution in [0.1, 0.15) is 38.7 Å². The molecule has 1 N–H and O–H groups in total. The highest BCUT2D eigenvalue weighted by molar-refractivity contribution is 9.10. The molecule has 0 heterocycles. The highest BCUT2D eigenvalue weighted by atomic mass is 79.9. The maximum Gasteiger partial charge on any atom is 0.161 e. The quantitative estimate of drug-likeness (QED) is 0.876. The van der Waals surface area contributed by atoms with Crippen LogP contribution in [0, 0.1) is 22.6 Å². The predicted molar refractivity (Wildman–Crippen MR) is 73.9 cm³/mol. The Labute approximate surface area is 115 Å². The van der Waals surface area contributed by atoms with Crippen LogP contribution in [0.25, 0.3) is 0 Å². The number of rotatable bonds is 2. The summed E-state index contributed by atoms with van der Waals surface area (Å²) < 4.78 is 14.3. The molecule has 0 bridgehead atoms. The van der Waals surface area contributed by atoms with Gasteiger partial charge in [-0.25, -0.2) is 4.39 Å². The van der Waals surface area contributed by atoms with Gasteiger partial charge in [0.2, 0.25) is 0 Å². The predicted octanol–water partition coefficient (Wildman–Crippen LogP) is 4.45. The zero-order valence-corrected chi connectivity index (χ0v) is 12.1. The summed E-state index contributed by atoms with van der Waals surface area (Å²) in [5.74, 6) is -0.376. The van der Waals surface area contributed by atoms with Gasteiger partial charge in [-0.1, -0.05) is 13.8 Å². The molecular formula is C14H16BrFN2. The fraction of sp³-hybridized carbons (Fsp3) is 0.500. The van der Waals surface area contributed by atoms with Gasteiger partial charge in [0.05, 0.1) is 15.7 Å². The summed E-state index contributed by atoms with van der Waals surface area (Å²) in [4.78, 5) is 0. The van der Waals surface area contributed by atoms with Crippen LogP contribution >= 0.6 is 15.9 Å². The maximum atomic E-state index is 14.0. The van der Waals surface area contributed by atoms with Gasteiger partial charge in [0, 0.05) is 6.04 Å². The van der Waals surface area contributed by atoms with Crippen LogP contribution in [0.2, 0.25) is 0 Å². The summed E-state index contributed by atoms with van der Waals surface area (Å²) in [5, 5.41) is 12.1. The third-order valence-corrected chi connectivity index (χ3v) is 4.31. The number of nitrogens with zero attached hydrogens (tertiary/aromatic N) is 1. The summed E-state index contributed by atoms with van der Waals surface area (Å²) in [6, 6.07) is 5.55. The second kappa shape index (κ2) is 4.89. The average molecular weight is 311 g/mol. The Bertz CT molecular complexity index is 505. The average Bonchev–Trinajstić information content (AvgIpc) is 2.65. The summed E-state index contributed by atoms with van der Waals surface area (Å²) >= 11 is 3.13. The summed E-state index contributed by atoms with van der Waals surface area (Å²) in [6.07, 6.45) is 3.26. The van der Waals surface area contributed by atoms with E-state index in [9.17, 15) is 4.39 Å². The Balaban J connectivity index is 2.17. The molecule has 1 aromatic rings. The van der Waals surface area contributed by atoms with Gasteiger partial charge in [0.25, 0.3) is 0 Å². The number of nitriles is 1. The standard InChI is InChI=1S/C14H16BrFN2/c1-14(2)6-5-10(7-14)18-11-4-3-9(8-17)12(15)13(11)16/h3-4,10,18H,5-7H2,1-2H3. The van der Waals surface area contributed by atoms with E-state index in [2.05, 4.69) is 35.1 Å². The highest BCUT2D eigenvalue weighted by Crippen LogP contribution is 2.39. The van der Waals surface area contributed by atoms with E-state index in [-0.39, 0.29) is 10.3 Å². The Morgan fingerprint density at radius 3 is 2.78 bits per heavy atom. The summed E-state index contributed by atoms with van der Waals surface area (Å²) in [6.45, 7) is 4.47. The van der Waals surface area contributed by atoms with Crippen LogP contribution < -0.4 is 5.32 Å². The van der Waals surface area contributed by atoms with E-state index >= 15 is 0 Å². The van der Waals surface area contributed by atoms with Crippen LogP contribution in [0.3, 0.4) is 0 Å². The van der Waals surface area contributed by atoms with E-state index in [1.165, 1.54) is 0 Å². The van der Waals surface area contributed by atoms with Gasteiger partial charge >= 0.3 is 0 Å². The van der Waals surface area contributed by atoms with E-state index in [1.807, 2.05) is 6.07 Å². The van der Waals surface area contributed by atoms with Crippen molar-refractivity contribution < 1.29 is 4.39 Å². The van der Waals surface area contributed by atoms with E-state index in [4.69, 9.17) is 5.26 Å². The molecule has 0 saturated heterocycles. The Hall–Kier alpha value is -1.08. The number of halogens is 2. The van der Waals surface area contributed by atoms with Crippen molar-refractivity contribution in [2.24, 2.45) is 5.41 Å². The van der Waals surface area contributed by atoms with Crippen molar-refractivity contribution in [3.63, 3.8) is 0 Å². The number of hydrogen-bond acceptors (Lipinski definition) is 2. The monoisotopic (exact) mass is 310 g/mol. The lowest BCUT2D eigenvalue weighted by Gasteiger charge is -2.19. The Morgan fingerprint density at radius 2 is 2.22 bits per heavy atom. The molecular weight excluding hydrogens is 295 g/mol. The number of benzene rings is 1. The highest BCUT2D eigenvalue weighted by Gasteiger charge is 2.31. The fourth-order valence-electron chi connectivity index (χ4n) is 2.53. The molecule has 2 nitrogen and oxygen atoms in total. The largest absolute Gasteiger partial charge is 0.380 e. The molecule has 1 saturated carbocycles. The number of nitrogens with one attached hydrogen (secondary N) is 1. The van der Waals surface area contributed by atoms with Gasteiger partial charge in [-0.2, -0.15) is 5.26 Å². The molecule has 18 heavy (non-hydrogen) atoms. The van der Waals surface area contributed by atoms with Crippen LogP contribution in [-0.4, -0.2) is 6.04 Å². The molecule has 0 radical (unpaired) electrons. The lowest BCUT2D eigenvalue weighted by molar-refractivity contribution is 0.378. The normalized spacial score (nSPS) is 21.6. The van der Waals surface area contributed by atoms with Gasteiger partial charge < -0.3 is 5.32 Å². The fourth-order valence-corrected chi connectivity index (χ4v) is 2.96. The van der Waals surface area contributed by atoms with Crippen LogP contribution in [0.4, 0.5) is 10.1 Å². The van der Waals surface area contributed by atoms with Crippen molar-refractivity contribution in [2.45, 2.75) is 39.2 Å². The molecule has 0 aliphatic heterocycles. The summed E-state index contributed by atoms with van der Waals surface area (Å²) in [7, 11) is 0. The van der Waals surface area contributed by atoms with Gasteiger partial charge in [0.1, 0.15) is 6.07 Å². The first kappa shape index (κ1) is 13.4. The van der Waals surface area contributed by atoms with E-state index in [1.54, 1.807) is 12.1 Å². The Kier molecular flexibility index (Phi) is 3.63. The van der Waals surface area contributed by atoms with Gasteiger partial charge in [0.15, 0.2) is 5.82 Å². The molecule has 1 aromatic carbocycles. The minimum absolute atomic E-state index is 0.243. The second-order valence-electron chi connectivity index (χ2n) is 5.65. The second-order valence-corrected chi connectivity index (χ2v) is 6.44. The topological polar surface area (TPSA) is 35.8 Å². The molecule has 2 rings (SSSR count). The van der Waals surface area contributed by atoms with Crippen molar-refractivity contribution in [1.29, 1.82) is 5.26 Å². The van der Waals surface area contributed by atoms with Crippen LogP contribution in [0.5, 0.6) is 0 Å². The van der Waals surface area contributed by atoms with Crippen molar-refractivity contribution in [1.82, 2.24) is 0 Å². The van der Waals surface area contributed by atoms with Crippen molar-refractivity contribution in [3.8, 4) is 6.07 Å². The zero-order chi connectivity index (χ0) is 13.3. The molecule has 1 unspecified atom stereocenters. The minimum atomic E-state index is -0.376. The molecule has 1 aliphatic rings. The smallest absolute Gasteiger partial charge is 0.161 e. The van der Waals surface area contributed by atoms with Gasteiger partial charge in [-0.05, 0) is 52.7 Å². The van der Waals surface area contributed by atoms with Crippen molar-refractivity contribution in [3.05, 3.63) is 28.0 Å². The first-order valence-electron chi connectivity index (χ1n) is 6.07. The molecule has 0 aromatic heterocycles. The summed E-state index contributed by atoms with van der Waals surface area (Å²) in [5.41, 5.74) is 1.13. The number of anilines is 1. The van der Waals surface area contributed by atoms with Crippen molar-refractivity contribution in [2.75, 3.05) is 5.32 Å². The minimum Gasteiger partial charge on any atom is -0.380 e. The van der Waals surface area contributed by atoms with E-state index in [0.29, 0.717) is 22.7 Å². The SMILES string of the molecule is CC1(C)CCC(Nc2ccc(C#N)c(Br)c2F)C1. The molecule has 1 atom stereocenters. The first-order valence-corrected chi connectivity index (χ1v) is 6.87. The lowest BCUT2D eigenvalue weighted by Crippen LogP contribution is -2.18. The maximum absolute atomic E-state index is 14.0. The van der Waals surface area contributed by atoms with Crippen molar-refractivity contribution >= 4 is 21.6 Å². The van der Waals surface area contributed by atoms with Gasteiger partial charge in [-0.15, -0.1) is 0 Å². The first-order chi connectivity index (χ1) is 8.43. The van der Waals surface area contributed by atoms with E-state index < -0.39 is 0 Å². The van der Waals surface area contributed by atoms with Gasteiger partial charge in [-0.3, -0.25) is 0 Å². The molecule has 96 valence electrons. The zero-order valence-electron chi connectivity index (χ0n) is 10.6. The van der Waals surface area contributed by atoms with Crippen LogP contribution in [0.15, 0.2) is 16.6 Å². The Morgan fingerprint density at radius 1 is 1.50 bits per heavy atom. The molecule has 0 spiro atoms. The third-order valence-electron chi connectivity index (χ3n) is 3.53. The lowest BCUT2D eigenvalue weighted by atomic mass is 9.92. The molecule has 1 aliphatic carbocycles. The molecule has 1 fully saturated rings.